The molecule has 4 rings (SSSR count). The van der Waals surface area contributed by atoms with E-state index in [1.54, 1.807) is 35.1 Å². The van der Waals surface area contributed by atoms with Crippen LogP contribution < -0.4 is 19.7 Å². The Morgan fingerprint density at radius 3 is 2.23 bits per heavy atom. The van der Waals surface area contributed by atoms with E-state index in [0.29, 0.717) is 49.8 Å². The maximum absolute atomic E-state index is 13.0. The minimum Gasteiger partial charge on any atom is -0.497 e. The fraction of sp³-hybridized carbons (Fsp3) is 0.500. The van der Waals surface area contributed by atoms with Crippen molar-refractivity contribution >= 4 is 17.8 Å². The largest absolute Gasteiger partial charge is 0.497 e. The topological polar surface area (TPSA) is 87.2 Å². The lowest BCUT2D eigenvalue weighted by molar-refractivity contribution is 0.0661. The molecular formula is C26H35N5O4. The molecule has 0 saturated carbocycles. The van der Waals surface area contributed by atoms with Gasteiger partial charge in [0, 0.05) is 58.1 Å². The van der Waals surface area contributed by atoms with Crippen molar-refractivity contribution in [1.29, 1.82) is 0 Å². The predicted octanol–water partition coefficient (Wildman–Crippen LogP) is 3.15. The Morgan fingerprint density at radius 1 is 0.886 bits per heavy atom. The Morgan fingerprint density at radius 2 is 1.60 bits per heavy atom. The third kappa shape index (κ3) is 6.15. The number of pyridine rings is 1. The van der Waals surface area contributed by atoms with Crippen LogP contribution in [0.4, 0.5) is 10.6 Å². The van der Waals surface area contributed by atoms with E-state index >= 15 is 0 Å². The van der Waals surface area contributed by atoms with Gasteiger partial charge in [-0.1, -0.05) is 18.9 Å². The summed E-state index contributed by atoms with van der Waals surface area (Å²) < 4.78 is 10.6. The smallest absolute Gasteiger partial charge is 0.317 e. The molecule has 9 nitrogen and oxygen atoms in total. The number of nitrogens with zero attached hydrogens (tertiary/aromatic N) is 4. The molecule has 1 N–H and O–H groups in total. The first kappa shape index (κ1) is 24.6. The van der Waals surface area contributed by atoms with Crippen LogP contribution in [0.1, 0.15) is 41.6 Å². The van der Waals surface area contributed by atoms with Gasteiger partial charge in [-0.2, -0.15) is 0 Å². The number of benzene rings is 1. The Labute approximate surface area is 207 Å². The number of ether oxygens (including phenoxy) is 2. The van der Waals surface area contributed by atoms with Crippen LogP contribution in [-0.2, 0) is 6.54 Å². The van der Waals surface area contributed by atoms with Crippen LogP contribution >= 0.6 is 0 Å². The summed E-state index contributed by atoms with van der Waals surface area (Å²) >= 11 is 0. The van der Waals surface area contributed by atoms with Crippen molar-refractivity contribution in [1.82, 2.24) is 20.1 Å². The zero-order valence-corrected chi connectivity index (χ0v) is 20.7. The van der Waals surface area contributed by atoms with Crippen molar-refractivity contribution in [2.24, 2.45) is 0 Å². The van der Waals surface area contributed by atoms with E-state index in [9.17, 15) is 9.59 Å². The van der Waals surface area contributed by atoms with Gasteiger partial charge in [-0.05, 0) is 36.6 Å². The second-order valence-electron chi connectivity index (χ2n) is 8.93. The summed E-state index contributed by atoms with van der Waals surface area (Å²) in [5, 5.41) is 2.98. The highest BCUT2D eigenvalue weighted by Crippen LogP contribution is 2.26. The van der Waals surface area contributed by atoms with Crippen LogP contribution in [0.5, 0.6) is 11.5 Å². The normalized spacial score (nSPS) is 16.5. The van der Waals surface area contributed by atoms with Crippen LogP contribution in [0.15, 0.2) is 36.5 Å². The molecule has 2 aliphatic heterocycles. The van der Waals surface area contributed by atoms with Gasteiger partial charge in [0.05, 0.1) is 19.8 Å². The number of hydrogen-bond acceptors (Lipinski definition) is 6. The molecule has 2 saturated heterocycles. The van der Waals surface area contributed by atoms with Crippen LogP contribution in [0.3, 0.4) is 0 Å². The van der Waals surface area contributed by atoms with Gasteiger partial charge in [0.1, 0.15) is 17.3 Å². The van der Waals surface area contributed by atoms with Crippen molar-refractivity contribution in [3.05, 3.63) is 47.7 Å². The van der Waals surface area contributed by atoms with Crippen molar-refractivity contribution in [2.45, 2.75) is 32.2 Å². The molecule has 2 aromatic rings. The number of methoxy groups -OCH3 is 2. The molecule has 2 fully saturated rings. The van der Waals surface area contributed by atoms with Gasteiger partial charge in [0.2, 0.25) is 0 Å². The number of piperazine rings is 1. The van der Waals surface area contributed by atoms with Crippen molar-refractivity contribution in [2.75, 3.05) is 58.4 Å². The van der Waals surface area contributed by atoms with Crippen LogP contribution in [0.2, 0.25) is 0 Å². The summed E-state index contributed by atoms with van der Waals surface area (Å²) in [5.41, 5.74) is 1.46. The van der Waals surface area contributed by atoms with E-state index in [4.69, 9.17) is 9.47 Å². The molecule has 35 heavy (non-hydrogen) atoms. The van der Waals surface area contributed by atoms with Crippen LogP contribution in [0.25, 0.3) is 0 Å². The molecule has 0 unspecified atom stereocenters. The number of hydrogen-bond donors (Lipinski definition) is 1. The van der Waals surface area contributed by atoms with Crippen molar-refractivity contribution in [3.8, 4) is 11.5 Å². The summed E-state index contributed by atoms with van der Waals surface area (Å²) in [6.45, 7) is 4.42. The summed E-state index contributed by atoms with van der Waals surface area (Å²) in [4.78, 5) is 36.1. The molecular weight excluding hydrogens is 446 g/mol. The second kappa shape index (κ2) is 11.8. The molecule has 0 bridgehead atoms. The number of carbonyl (C=O) groups is 2. The van der Waals surface area contributed by atoms with E-state index in [0.717, 1.165) is 24.5 Å². The standard InChI is InChI=1S/C26H35N5O4/c1-34-21-8-9-22(23(17-21)35-2)25(32)30-13-15-31(16-14-30)26(33)28-19-20-7-10-24(27-18-20)29-11-5-3-4-6-12-29/h7-10,17-18H,3-6,11-16,19H2,1-2H3,(H,28,33). The number of amides is 3. The van der Waals surface area contributed by atoms with Gasteiger partial charge in [-0.15, -0.1) is 0 Å². The summed E-state index contributed by atoms with van der Waals surface area (Å²) in [7, 11) is 3.11. The Hall–Kier alpha value is -3.49. The second-order valence-corrected chi connectivity index (χ2v) is 8.93. The van der Waals surface area contributed by atoms with Gasteiger partial charge < -0.3 is 29.5 Å². The maximum Gasteiger partial charge on any atom is 0.317 e. The summed E-state index contributed by atoms with van der Waals surface area (Å²) in [6.07, 6.45) is 6.86. The monoisotopic (exact) mass is 481 g/mol. The predicted molar refractivity (Wildman–Crippen MR) is 134 cm³/mol. The number of nitrogens with one attached hydrogen (secondary N) is 1. The molecule has 9 heteroatoms. The van der Waals surface area contributed by atoms with Gasteiger partial charge in [-0.25, -0.2) is 9.78 Å². The molecule has 0 aliphatic carbocycles. The number of anilines is 1. The number of carbonyl (C=O) groups excluding carboxylic acids is 2. The molecule has 3 heterocycles. The average Bonchev–Trinajstić information content (AvgIpc) is 3.21. The summed E-state index contributed by atoms with van der Waals surface area (Å²) in [5.74, 6) is 2.01. The molecule has 2 aliphatic rings. The number of aromatic nitrogens is 1. The molecule has 1 aromatic carbocycles. The van der Waals surface area contributed by atoms with E-state index in [1.165, 1.54) is 32.8 Å². The van der Waals surface area contributed by atoms with Crippen LogP contribution in [0, 0.1) is 0 Å². The Kier molecular flexibility index (Phi) is 8.28. The third-order valence-corrected chi connectivity index (χ3v) is 6.68. The molecule has 0 radical (unpaired) electrons. The zero-order valence-electron chi connectivity index (χ0n) is 20.7. The van der Waals surface area contributed by atoms with E-state index in [-0.39, 0.29) is 11.9 Å². The number of rotatable bonds is 6. The lowest BCUT2D eigenvalue weighted by Crippen LogP contribution is -2.53. The highest BCUT2D eigenvalue weighted by Gasteiger charge is 2.26. The van der Waals surface area contributed by atoms with Crippen molar-refractivity contribution < 1.29 is 19.1 Å². The molecule has 188 valence electrons. The quantitative estimate of drug-likeness (QED) is 0.682. The van der Waals surface area contributed by atoms with Gasteiger partial charge in [0.25, 0.3) is 5.91 Å². The zero-order chi connectivity index (χ0) is 24.6. The maximum atomic E-state index is 13.0. The van der Waals surface area contributed by atoms with Gasteiger partial charge in [0.15, 0.2) is 0 Å². The summed E-state index contributed by atoms with van der Waals surface area (Å²) in [6, 6.07) is 9.11. The van der Waals surface area contributed by atoms with E-state index in [1.807, 2.05) is 18.3 Å². The lowest BCUT2D eigenvalue weighted by Gasteiger charge is -2.35. The Bertz CT molecular complexity index is 997. The highest BCUT2D eigenvalue weighted by atomic mass is 16.5. The average molecular weight is 482 g/mol. The van der Waals surface area contributed by atoms with Gasteiger partial charge in [-0.3, -0.25) is 4.79 Å². The third-order valence-electron chi connectivity index (χ3n) is 6.68. The minimum absolute atomic E-state index is 0.111. The lowest BCUT2D eigenvalue weighted by atomic mass is 10.1. The first-order valence-corrected chi connectivity index (χ1v) is 12.3. The molecule has 1 aromatic heterocycles. The molecule has 3 amide bonds. The first-order chi connectivity index (χ1) is 17.1. The fourth-order valence-corrected chi connectivity index (χ4v) is 4.56. The minimum atomic E-state index is -0.129. The number of urea groups is 1. The first-order valence-electron chi connectivity index (χ1n) is 12.3. The molecule has 0 atom stereocenters. The highest BCUT2D eigenvalue weighted by molar-refractivity contribution is 5.97. The SMILES string of the molecule is COc1ccc(C(=O)N2CCN(C(=O)NCc3ccc(N4CCCCCC4)nc3)CC2)c(OC)c1. The van der Waals surface area contributed by atoms with Crippen molar-refractivity contribution in [3.63, 3.8) is 0 Å². The van der Waals surface area contributed by atoms with E-state index < -0.39 is 0 Å². The van der Waals surface area contributed by atoms with E-state index in [2.05, 4.69) is 15.2 Å². The van der Waals surface area contributed by atoms with Crippen LogP contribution in [-0.4, -0.2) is 80.2 Å². The molecule has 0 spiro atoms. The van der Waals surface area contributed by atoms with Gasteiger partial charge >= 0.3 is 6.03 Å². The fourth-order valence-electron chi connectivity index (χ4n) is 4.56. The Balaban J connectivity index is 1.25.